The molecule has 1 saturated heterocycles. The van der Waals surface area contributed by atoms with E-state index in [1.54, 1.807) is 17.2 Å². The number of aromatic amines is 1. The Bertz CT molecular complexity index is 1580. The fourth-order valence-corrected chi connectivity index (χ4v) is 6.51. The lowest BCUT2D eigenvalue weighted by atomic mass is 9.91. The van der Waals surface area contributed by atoms with Crippen LogP contribution in [0.25, 0.3) is 22.2 Å². The Labute approximate surface area is 223 Å². The van der Waals surface area contributed by atoms with Crippen molar-refractivity contribution in [2.75, 3.05) is 23.5 Å². The van der Waals surface area contributed by atoms with Crippen LogP contribution in [0.15, 0.2) is 42.9 Å². The highest BCUT2D eigenvalue weighted by Crippen LogP contribution is 2.37. The average Bonchev–Trinajstić information content (AvgIpc) is 3.24. The molecule has 5 rings (SSSR count). The SMILES string of the molecule is C[C@@H]1[C@@H](CS(C)(=O)=O)CN1c1ncc(-c2n[nH]c3ccc(O[C@H](C)c4c(Cl)cncc4Cl)cc23)cc1F. The van der Waals surface area contributed by atoms with E-state index >= 15 is 4.39 Å². The maximum Gasteiger partial charge on any atom is 0.166 e. The Hall–Kier alpha value is -2.95. The van der Waals surface area contributed by atoms with Crippen LogP contribution in [0.3, 0.4) is 0 Å². The van der Waals surface area contributed by atoms with Crippen LogP contribution < -0.4 is 9.64 Å². The van der Waals surface area contributed by atoms with Gasteiger partial charge in [-0.3, -0.25) is 10.1 Å². The molecule has 1 aliphatic rings. The van der Waals surface area contributed by atoms with Gasteiger partial charge in [-0.25, -0.2) is 17.8 Å². The molecule has 0 bridgehead atoms. The van der Waals surface area contributed by atoms with Gasteiger partial charge >= 0.3 is 0 Å². The van der Waals surface area contributed by atoms with E-state index in [0.717, 1.165) is 10.9 Å². The molecule has 1 aromatic carbocycles. The lowest BCUT2D eigenvalue weighted by Crippen LogP contribution is -2.57. The minimum absolute atomic E-state index is 0.0520. The van der Waals surface area contributed by atoms with Gasteiger partial charge in [0.1, 0.15) is 27.4 Å². The number of rotatable bonds is 7. The van der Waals surface area contributed by atoms with Crippen molar-refractivity contribution in [3.05, 3.63) is 64.3 Å². The molecule has 1 N–H and O–H groups in total. The number of pyridine rings is 2. The van der Waals surface area contributed by atoms with Gasteiger partial charge in [-0.2, -0.15) is 5.10 Å². The summed E-state index contributed by atoms with van der Waals surface area (Å²) in [5, 5.41) is 8.88. The van der Waals surface area contributed by atoms with Gasteiger partial charge in [0.15, 0.2) is 11.6 Å². The van der Waals surface area contributed by atoms with Gasteiger partial charge in [0.05, 0.1) is 21.3 Å². The molecule has 0 spiro atoms. The second-order valence-corrected chi connectivity index (χ2v) is 12.3. The number of halogens is 3. The Morgan fingerprint density at radius 1 is 1.22 bits per heavy atom. The van der Waals surface area contributed by atoms with Gasteiger partial charge < -0.3 is 9.64 Å². The molecule has 37 heavy (non-hydrogen) atoms. The Kier molecular flexibility index (Phi) is 6.76. The molecular formula is C25H24Cl2FN5O3S. The lowest BCUT2D eigenvalue weighted by molar-refractivity contribution is 0.227. The Morgan fingerprint density at radius 3 is 2.59 bits per heavy atom. The fraction of sp³-hybridized carbons (Fsp3) is 0.320. The van der Waals surface area contributed by atoms with Crippen molar-refractivity contribution < 1.29 is 17.5 Å². The molecule has 0 amide bonds. The van der Waals surface area contributed by atoms with E-state index in [1.807, 2.05) is 26.0 Å². The van der Waals surface area contributed by atoms with Crippen LogP contribution in [0.5, 0.6) is 5.75 Å². The number of hydrogen-bond acceptors (Lipinski definition) is 7. The van der Waals surface area contributed by atoms with Crippen LogP contribution in [-0.4, -0.2) is 53.2 Å². The van der Waals surface area contributed by atoms with Gasteiger partial charge in [-0.1, -0.05) is 23.2 Å². The summed E-state index contributed by atoms with van der Waals surface area (Å²) in [6.07, 6.45) is 5.36. The summed E-state index contributed by atoms with van der Waals surface area (Å²) in [5.41, 5.74) is 2.41. The van der Waals surface area contributed by atoms with Crippen LogP contribution in [-0.2, 0) is 9.84 Å². The number of aromatic nitrogens is 4. The number of nitrogens with zero attached hydrogens (tertiary/aromatic N) is 4. The molecule has 12 heteroatoms. The van der Waals surface area contributed by atoms with Crippen LogP contribution >= 0.6 is 23.2 Å². The highest BCUT2D eigenvalue weighted by atomic mass is 35.5. The predicted molar refractivity (Wildman–Crippen MR) is 143 cm³/mol. The minimum Gasteiger partial charge on any atom is -0.486 e. The first-order chi connectivity index (χ1) is 17.5. The monoisotopic (exact) mass is 563 g/mol. The summed E-state index contributed by atoms with van der Waals surface area (Å²) in [5.74, 6) is 0.282. The standard InChI is InChI=1S/C25H24Cl2FN5O3S/c1-13-16(12-37(3,34)35)11-33(13)25-21(28)6-15(8-30-25)24-18-7-17(4-5-22(18)31-32-24)36-14(2)23-19(26)9-29-10-20(23)27/h4-10,13-14,16H,11-12H2,1-3H3,(H,31,32)/t13-,14-,16-/m1/s1. The number of fused-ring (bicyclic) bond motifs is 1. The zero-order valence-corrected chi connectivity index (χ0v) is 22.6. The number of nitrogens with one attached hydrogen (secondary N) is 1. The summed E-state index contributed by atoms with van der Waals surface area (Å²) in [4.78, 5) is 10.1. The van der Waals surface area contributed by atoms with Gasteiger partial charge in [-0.05, 0) is 38.1 Å². The van der Waals surface area contributed by atoms with Crippen molar-refractivity contribution >= 4 is 49.8 Å². The van der Waals surface area contributed by atoms with E-state index in [0.29, 0.717) is 39.2 Å². The normalized spacial score (nSPS) is 18.6. The van der Waals surface area contributed by atoms with E-state index in [2.05, 4.69) is 20.2 Å². The molecule has 1 fully saturated rings. The molecule has 0 saturated carbocycles. The molecule has 1 aliphatic heterocycles. The number of sulfone groups is 1. The highest BCUT2D eigenvalue weighted by molar-refractivity contribution is 7.90. The Morgan fingerprint density at radius 2 is 1.95 bits per heavy atom. The summed E-state index contributed by atoms with van der Waals surface area (Å²) >= 11 is 12.5. The van der Waals surface area contributed by atoms with Gasteiger partial charge in [-0.15, -0.1) is 0 Å². The first-order valence-corrected chi connectivity index (χ1v) is 14.4. The molecule has 194 valence electrons. The highest BCUT2D eigenvalue weighted by Gasteiger charge is 2.39. The van der Waals surface area contributed by atoms with E-state index in [9.17, 15) is 8.42 Å². The second kappa shape index (κ2) is 9.74. The molecule has 0 aliphatic carbocycles. The smallest absolute Gasteiger partial charge is 0.166 e. The van der Waals surface area contributed by atoms with Crippen molar-refractivity contribution in [2.24, 2.45) is 5.92 Å². The third-order valence-electron chi connectivity index (χ3n) is 6.63. The fourth-order valence-electron chi connectivity index (χ4n) is 4.68. The topological polar surface area (TPSA) is 101 Å². The number of H-pyrrole nitrogens is 1. The van der Waals surface area contributed by atoms with Crippen LogP contribution in [0, 0.1) is 11.7 Å². The maximum atomic E-state index is 15.2. The van der Waals surface area contributed by atoms with E-state index in [4.69, 9.17) is 27.9 Å². The number of anilines is 1. The molecule has 4 aromatic rings. The largest absolute Gasteiger partial charge is 0.486 e. The van der Waals surface area contributed by atoms with Crippen LogP contribution in [0.4, 0.5) is 10.2 Å². The molecular weight excluding hydrogens is 540 g/mol. The predicted octanol–water partition coefficient (Wildman–Crippen LogP) is 5.48. The molecule has 8 nitrogen and oxygen atoms in total. The van der Waals surface area contributed by atoms with Crippen LogP contribution in [0.2, 0.25) is 10.0 Å². The Balaban J connectivity index is 1.39. The van der Waals surface area contributed by atoms with Crippen molar-refractivity contribution in [3.63, 3.8) is 0 Å². The van der Waals surface area contributed by atoms with Crippen molar-refractivity contribution in [3.8, 4) is 17.0 Å². The molecule has 3 atom stereocenters. The quantitative estimate of drug-likeness (QED) is 0.318. The van der Waals surface area contributed by atoms with Gasteiger partial charge in [0.2, 0.25) is 0 Å². The van der Waals surface area contributed by atoms with E-state index in [1.165, 1.54) is 24.7 Å². The molecule has 4 heterocycles. The third kappa shape index (κ3) is 5.10. The van der Waals surface area contributed by atoms with Crippen molar-refractivity contribution in [1.82, 2.24) is 20.2 Å². The number of ether oxygens (including phenoxy) is 1. The minimum atomic E-state index is -3.10. The molecule has 3 aromatic heterocycles. The molecule has 0 unspecified atom stereocenters. The van der Waals surface area contributed by atoms with E-state index < -0.39 is 21.8 Å². The zero-order valence-electron chi connectivity index (χ0n) is 20.2. The third-order valence-corrected chi connectivity index (χ3v) is 8.27. The van der Waals surface area contributed by atoms with Gasteiger partial charge in [0.25, 0.3) is 0 Å². The average molecular weight is 564 g/mol. The zero-order chi connectivity index (χ0) is 26.5. The number of hydrogen-bond donors (Lipinski definition) is 1. The summed E-state index contributed by atoms with van der Waals surface area (Å²) in [6, 6.07) is 6.70. The molecule has 0 radical (unpaired) electrons. The summed E-state index contributed by atoms with van der Waals surface area (Å²) < 4.78 is 44.5. The van der Waals surface area contributed by atoms with Crippen molar-refractivity contribution in [1.29, 1.82) is 0 Å². The van der Waals surface area contributed by atoms with Crippen LogP contribution in [0.1, 0.15) is 25.5 Å². The maximum absolute atomic E-state index is 15.2. The van der Waals surface area contributed by atoms with E-state index in [-0.39, 0.29) is 23.5 Å². The first-order valence-electron chi connectivity index (χ1n) is 11.6. The lowest BCUT2D eigenvalue weighted by Gasteiger charge is -2.47. The van der Waals surface area contributed by atoms with Crippen molar-refractivity contribution in [2.45, 2.75) is 26.0 Å². The second-order valence-electron chi connectivity index (χ2n) is 9.33. The summed E-state index contributed by atoms with van der Waals surface area (Å²) in [7, 11) is -3.10. The first kappa shape index (κ1) is 25.7. The summed E-state index contributed by atoms with van der Waals surface area (Å²) in [6.45, 7) is 4.15. The van der Waals surface area contributed by atoms with Gasteiger partial charge in [0, 0.05) is 59.9 Å². The number of benzene rings is 1.